The molecule has 8 heteroatoms. The number of aromatic nitrogens is 2. The minimum absolute atomic E-state index is 0.203. The van der Waals surface area contributed by atoms with Crippen molar-refractivity contribution in [3.8, 4) is 0 Å². The van der Waals surface area contributed by atoms with Gasteiger partial charge in [0.25, 0.3) is 10.0 Å². The van der Waals surface area contributed by atoms with E-state index in [1.165, 1.54) is 18.5 Å². The molecule has 1 unspecified atom stereocenters. The average Bonchev–Trinajstić information content (AvgIpc) is 2.60. The fourth-order valence-corrected chi connectivity index (χ4v) is 4.18. The molecular weight excluding hydrogens is 340 g/mol. The third-order valence-corrected chi connectivity index (χ3v) is 6.03. The van der Waals surface area contributed by atoms with Gasteiger partial charge in [-0.1, -0.05) is 42.5 Å². The van der Waals surface area contributed by atoms with Crippen LogP contribution < -0.4 is 16.3 Å². The van der Waals surface area contributed by atoms with E-state index < -0.39 is 20.5 Å². The van der Waals surface area contributed by atoms with Gasteiger partial charge in [-0.2, -0.15) is 0 Å². The van der Waals surface area contributed by atoms with Crippen LogP contribution in [0.1, 0.15) is 12.0 Å². The standard InChI is InChI=1S/C17H18N4O3S/c18-15-7-9-17(10-8-15,13-14-5-2-1-3-6-14)25(23,24)20-21-12-4-11-19-16(21)22/h1-9,11-12,20H,10,13,18H2. The number of hydrogen-bond donors (Lipinski definition) is 2. The Morgan fingerprint density at radius 1 is 1.24 bits per heavy atom. The van der Waals surface area contributed by atoms with Gasteiger partial charge in [0.05, 0.1) is 0 Å². The summed E-state index contributed by atoms with van der Waals surface area (Å²) in [6.45, 7) is 0. The molecule has 0 aliphatic heterocycles. The first-order valence-corrected chi connectivity index (χ1v) is 9.15. The number of sulfonamides is 1. The van der Waals surface area contributed by atoms with E-state index in [1.54, 1.807) is 18.2 Å². The average molecular weight is 358 g/mol. The molecule has 1 atom stereocenters. The zero-order valence-electron chi connectivity index (χ0n) is 13.4. The molecule has 1 aliphatic carbocycles. The van der Waals surface area contributed by atoms with Crippen LogP contribution in [0, 0.1) is 0 Å². The number of allylic oxidation sites excluding steroid dienone is 2. The van der Waals surface area contributed by atoms with Crippen LogP contribution in [0.25, 0.3) is 0 Å². The summed E-state index contributed by atoms with van der Waals surface area (Å²) in [6.07, 6.45) is 7.91. The second kappa shape index (κ2) is 6.56. The van der Waals surface area contributed by atoms with E-state index in [-0.39, 0.29) is 12.8 Å². The van der Waals surface area contributed by atoms with Crippen LogP contribution in [0.3, 0.4) is 0 Å². The van der Waals surface area contributed by atoms with Crippen LogP contribution in [0.4, 0.5) is 0 Å². The molecule has 3 N–H and O–H groups in total. The molecule has 1 heterocycles. The Bertz CT molecular complexity index is 980. The van der Waals surface area contributed by atoms with Gasteiger partial charge in [0.1, 0.15) is 4.75 Å². The number of hydrogen-bond acceptors (Lipinski definition) is 5. The number of rotatable bonds is 5. The highest BCUT2D eigenvalue weighted by Gasteiger charge is 2.42. The van der Waals surface area contributed by atoms with Gasteiger partial charge in [-0.05, 0) is 30.5 Å². The van der Waals surface area contributed by atoms with Crippen LogP contribution in [0.2, 0.25) is 0 Å². The molecule has 1 aromatic carbocycles. The molecule has 25 heavy (non-hydrogen) atoms. The molecule has 0 amide bonds. The predicted molar refractivity (Wildman–Crippen MR) is 95.7 cm³/mol. The third-order valence-electron chi connectivity index (χ3n) is 4.07. The minimum atomic E-state index is -3.96. The second-order valence-electron chi connectivity index (χ2n) is 5.84. The van der Waals surface area contributed by atoms with Crippen molar-refractivity contribution in [3.05, 3.63) is 88.8 Å². The minimum Gasteiger partial charge on any atom is -0.399 e. The van der Waals surface area contributed by atoms with Gasteiger partial charge in [-0.3, -0.25) is 0 Å². The predicted octanol–water partition coefficient (Wildman–Crippen LogP) is 0.901. The first-order valence-electron chi connectivity index (χ1n) is 7.67. The first kappa shape index (κ1) is 17.0. The summed E-state index contributed by atoms with van der Waals surface area (Å²) in [5.74, 6) is 0. The SMILES string of the molecule is NC1=CCC(Cc2ccccc2)(S(=O)(=O)Nn2cccnc2=O)C=C1. The Hall–Kier alpha value is -2.87. The van der Waals surface area contributed by atoms with Gasteiger partial charge in [0, 0.05) is 18.1 Å². The van der Waals surface area contributed by atoms with E-state index in [4.69, 9.17) is 5.73 Å². The lowest BCUT2D eigenvalue weighted by molar-refractivity contribution is 0.545. The Kier molecular flexibility index (Phi) is 4.45. The van der Waals surface area contributed by atoms with Crippen molar-refractivity contribution < 1.29 is 8.42 Å². The Balaban J connectivity index is 2.01. The van der Waals surface area contributed by atoms with Gasteiger partial charge in [-0.15, -0.1) is 0 Å². The first-order chi connectivity index (χ1) is 11.9. The van der Waals surface area contributed by atoms with Crippen molar-refractivity contribution in [2.24, 2.45) is 5.73 Å². The maximum atomic E-state index is 13.1. The molecule has 130 valence electrons. The molecule has 2 aromatic rings. The van der Waals surface area contributed by atoms with Gasteiger partial charge in [0.2, 0.25) is 0 Å². The molecular formula is C17H18N4O3S. The summed E-state index contributed by atoms with van der Waals surface area (Å²) >= 11 is 0. The summed E-state index contributed by atoms with van der Waals surface area (Å²) in [5.41, 5.74) is 6.44. The van der Waals surface area contributed by atoms with Crippen LogP contribution in [-0.2, 0) is 16.4 Å². The van der Waals surface area contributed by atoms with Crippen molar-refractivity contribution >= 4 is 10.0 Å². The lowest BCUT2D eigenvalue weighted by atomic mass is 9.91. The molecule has 0 bridgehead atoms. The van der Waals surface area contributed by atoms with Crippen LogP contribution >= 0.6 is 0 Å². The maximum Gasteiger partial charge on any atom is 0.366 e. The zero-order valence-corrected chi connectivity index (χ0v) is 14.2. The highest BCUT2D eigenvalue weighted by molar-refractivity contribution is 7.93. The second-order valence-corrected chi connectivity index (χ2v) is 7.84. The number of benzene rings is 1. The number of nitrogens with zero attached hydrogens (tertiary/aromatic N) is 2. The van der Waals surface area contributed by atoms with E-state index in [9.17, 15) is 13.2 Å². The normalized spacial score (nSPS) is 20.1. The molecule has 0 saturated heterocycles. The Morgan fingerprint density at radius 3 is 2.64 bits per heavy atom. The molecule has 0 radical (unpaired) electrons. The van der Waals surface area contributed by atoms with E-state index in [1.807, 2.05) is 30.3 Å². The topological polar surface area (TPSA) is 107 Å². The van der Waals surface area contributed by atoms with E-state index in [0.717, 1.165) is 10.2 Å². The van der Waals surface area contributed by atoms with Crippen LogP contribution in [0.15, 0.2) is 77.5 Å². The maximum absolute atomic E-state index is 13.1. The summed E-state index contributed by atoms with van der Waals surface area (Å²) in [6, 6.07) is 10.8. The Labute approximate surface area is 145 Å². The van der Waals surface area contributed by atoms with Crippen molar-refractivity contribution in [3.63, 3.8) is 0 Å². The highest BCUT2D eigenvalue weighted by Crippen LogP contribution is 2.32. The fraction of sp³-hybridized carbons (Fsp3) is 0.176. The summed E-state index contributed by atoms with van der Waals surface area (Å²) in [4.78, 5) is 17.7. The Morgan fingerprint density at radius 2 is 2.00 bits per heavy atom. The van der Waals surface area contributed by atoms with Crippen molar-refractivity contribution in [1.82, 2.24) is 9.66 Å². The van der Waals surface area contributed by atoms with Crippen molar-refractivity contribution in [1.29, 1.82) is 0 Å². The molecule has 0 spiro atoms. The van der Waals surface area contributed by atoms with Crippen LogP contribution in [-0.4, -0.2) is 22.8 Å². The van der Waals surface area contributed by atoms with Gasteiger partial charge < -0.3 is 5.73 Å². The van der Waals surface area contributed by atoms with E-state index in [2.05, 4.69) is 9.82 Å². The number of nitrogens with two attached hydrogens (primary N) is 1. The monoisotopic (exact) mass is 358 g/mol. The molecule has 3 rings (SSSR count). The molecule has 1 aliphatic rings. The lowest BCUT2D eigenvalue weighted by Crippen LogP contribution is -2.48. The summed E-state index contributed by atoms with van der Waals surface area (Å²) in [5, 5.41) is 0. The van der Waals surface area contributed by atoms with Crippen molar-refractivity contribution in [2.75, 3.05) is 4.83 Å². The van der Waals surface area contributed by atoms with E-state index >= 15 is 0 Å². The quantitative estimate of drug-likeness (QED) is 0.826. The molecule has 0 fully saturated rings. The summed E-state index contributed by atoms with van der Waals surface area (Å²) in [7, 11) is -3.96. The lowest BCUT2D eigenvalue weighted by Gasteiger charge is -2.32. The van der Waals surface area contributed by atoms with Crippen molar-refractivity contribution in [2.45, 2.75) is 17.6 Å². The third kappa shape index (κ3) is 3.48. The molecule has 0 saturated carbocycles. The largest absolute Gasteiger partial charge is 0.399 e. The van der Waals surface area contributed by atoms with Gasteiger partial charge >= 0.3 is 5.69 Å². The molecule has 1 aromatic heterocycles. The zero-order chi connectivity index (χ0) is 17.9. The molecule has 7 nitrogen and oxygen atoms in total. The van der Waals surface area contributed by atoms with E-state index in [0.29, 0.717) is 5.70 Å². The van der Waals surface area contributed by atoms with Crippen LogP contribution in [0.5, 0.6) is 0 Å². The highest BCUT2D eigenvalue weighted by atomic mass is 32.2. The summed E-state index contributed by atoms with van der Waals surface area (Å²) < 4.78 is 25.8. The fourth-order valence-electron chi connectivity index (χ4n) is 2.69. The van der Waals surface area contributed by atoms with Gasteiger partial charge in [-0.25, -0.2) is 27.7 Å². The van der Waals surface area contributed by atoms with Gasteiger partial charge in [0.15, 0.2) is 0 Å². The number of nitrogens with one attached hydrogen (secondary N) is 1. The smallest absolute Gasteiger partial charge is 0.366 e.